The van der Waals surface area contributed by atoms with Crippen LogP contribution in [0.1, 0.15) is 5.56 Å². The van der Waals surface area contributed by atoms with Crippen molar-refractivity contribution in [3.8, 4) is 0 Å². The summed E-state index contributed by atoms with van der Waals surface area (Å²) in [7, 11) is 1.83. The molecule has 72 valence electrons. The Morgan fingerprint density at radius 3 is 2.85 bits per heavy atom. The maximum Gasteiger partial charge on any atom is 0.133 e. The lowest BCUT2D eigenvalue weighted by Gasteiger charge is -2.18. The molecule has 1 aromatic rings. The summed E-state index contributed by atoms with van der Waals surface area (Å²) in [5, 5.41) is 17.7. The Morgan fingerprint density at radius 1 is 1.46 bits per heavy atom. The lowest BCUT2D eigenvalue weighted by molar-refractivity contribution is 0.280. The molecule has 1 aromatic heterocycles. The minimum absolute atomic E-state index is 0.0288. The number of rotatable bonds is 4. The zero-order valence-corrected chi connectivity index (χ0v) is 7.64. The number of aliphatic hydroxyl groups is 2. The maximum atomic E-state index is 9.01. The first-order chi connectivity index (χ1) is 6.29. The summed E-state index contributed by atoms with van der Waals surface area (Å²) in [5.74, 6) is 0.721. The van der Waals surface area contributed by atoms with Crippen LogP contribution in [0, 0.1) is 0 Å². The van der Waals surface area contributed by atoms with Crippen LogP contribution in [0.15, 0.2) is 18.3 Å². The maximum absolute atomic E-state index is 9.01. The summed E-state index contributed by atoms with van der Waals surface area (Å²) in [5.41, 5.74) is 0.776. The van der Waals surface area contributed by atoms with Crippen LogP contribution in [0.4, 0.5) is 5.82 Å². The minimum atomic E-state index is -0.0288. The molecule has 0 aliphatic heterocycles. The van der Waals surface area contributed by atoms with E-state index in [9.17, 15) is 0 Å². The fourth-order valence-corrected chi connectivity index (χ4v) is 1.15. The van der Waals surface area contributed by atoms with Crippen LogP contribution in [-0.2, 0) is 6.61 Å². The quantitative estimate of drug-likeness (QED) is 0.688. The van der Waals surface area contributed by atoms with E-state index in [1.54, 1.807) is 12.3 Å². The zero-order chi connectivity index (χ0) is 9.68. The van der Waals surface area contributed by atoms with Gasteiger partial charge in [0.2, 0.25) is 0 Å². The van der Waals surface area contributed by atoms with Crippen LogP contribution in [-0.4, -0.2) is 35.4 Å². The Bertz CT molecular complexity index is 266. The van der Waals surface area contributed by atoms with Crippen LogP contribution in [0.25, 0.3) is 0 Å². The van der Waals surface area contributed by atoms with E-state index in [0.717, 1.165) is 11.4 Å². The van der Waals surface area contributed by atoms with Gasteiger partial charge in [-0.1, -0.05) is 6.07 Å². The SMILES string of the molecule is CN(CCO)c1ncccc1CO. The van der Waals surface area contributed by atoms with Crippen molar-refractivity contribution in [2.24, 2.45) is 0 Å². The number of nitrogens with zero attached hydrogens (tertiary/aromatic N) is 2. The van der Waals surface area contributed by atoms with E-state index in [0.29, 0.717) is 6.54 Å². The molecule has 13 heavy (non-hydrogen) atoms. The van der Waals surface area contributed by atoms with E-state index >= 15 is 0 Å². The van der Waals surface area contributed by atoms with Crippen LogP contribution < -0.4 is 4.90 Å². The molecule has 4 heteroatoms. The molecule has 1 rings (SSSR count). The predicted octanol–water partition coefficient (Wildman–Crippen LogP) is 0.00240. The van der Waals surface area contributed by atoms with Gasteiger partial charge >= 0.3 is 0 Å². The number of hydrogen-bond donors (Lipinski definition) is 2. The molecule has 0 aliphatic rings. The fourth-order valence-electron chi connectivity index (χ4n) is 1.15. The minimum Gasteiger partial charge on any atom is -0.395 e. The number of pyridine rings is 1. The van der Waals surface area contributed by atoms with Crippen molar-refractivity contribution in [2.75, 3.05) is 25.1 Å². The standard InChI is InChI=1S/C9H14N2O2/c1-11(5-6-12)9-8(7-13)3-2-4-10-9/h2-4,12-13H,5-7H2,1H3. The van der Waals surface area contributed by atoms with E-state index in [2.05, 4.69) is 4.98 Å². The molecule has 0 aliphatic carbocycles. The second-order valence-electron chi connectivity index (χ2n) is 2.79. The van der Waals surface area contributed by atoms with Crippen LogP contribution in [0.3, 0.4) is 0 Å². The van der Waals surface area contributed by atoms with Gasteiger partial charge in [-0.15, -0.1) is 0 Å². The van der Waals surface area contributed by atoms with Gasteiger partial charge in [-0.3, -0.25) is 0 Å². The first kappa shape index (κ1) is 9.95. The number of anilines is 1. The van der Waals surface area contributed by atoms with Gasteiger partial charge in [0.25, 0.3) is 0 Å². The molecule has 1 heterocycles. The van der Waals surface area contributed by atoms with Gasteiger partial charge in [-0.05, 0) is 6.07 Å². The third kappa shape index (κ3) is 2.40. The molecule has 0 saturated heterocycles. The van der Waals surface area contributed by atoms with Crippen LogP contribution in [0.5, 0.6) is 0 Å². The highest BCUT2D eigenvalue weighted by Crippen LogP contribution is 2.14. The van der Waals surface area contributed by atoms with Crippen molar-refractivity contribution in [1.82, 2.24) is 4.98 Å². The molecular weight excluding hydrogens is 168 g/mol. The van der Waals surface area contributed by atoms with Gasteiger partial charge in [0.05, 0.1) is 13.2 Å². The van der Waals surface area contributed by atoms with Gasteiger partial charge < -0.3 is 15.1 Å². The summed E-state index contributed by atoms with van der Waals surface area (Å²) in [6.45, 7) is 0.570. The molecule has 0 fully saturated rings. The Hall–Kier alpha value is -1.13. The second-order valence-corrected chi connectivity index (χ2v) is 2.79. The molecular formula is C9H14N2O2. The number of aliphatic hydroxyl groups excluding tert-OH is 2. The topological polar surface area (TPSA) is 56.6 Å². The summed E-state index contributed by atoms with van der Waals surface area (Å²) < 4.78 is 0. The molecule has 2 N–H and O–H groups in total. The Kier molecular flexibility index (Phi) is 3.67. The molecule has 0 radical (unpaired) electrons. The Balaban J connectivity index is 2.85. The third-order valence-electron chi connectivity index (χ3n) is 1.83. The van der Waals surface area contributed by atoms with Crippen molar-refractivity contribution in [2.45, 2.75) is 6.61 Å². The number of likely N-dealkylation sites (N-methyl/N-ethyl adjacent to an activating group) is 1. The molecule has 0 aromatic carbocycles. The smallest absolute Gasteiger partial charge is 0.133 e. The monoisotopic (exact) mass is 182 g/mol. The highest BCUT2D eigenvalue weighted by atomic mass is 16.3. The highest BCUT2D eigenvalue weighted by Gasteiger charge is 2.06. The van der Waals surface area contributed by atoms with Crippen molar-refractivity contribution < 1.29 is 10.2 Å². The second kappa shape index (κ2) is 4.79. The van der Waals surface area contributed by atoms with Crippen LogP contribution >= 0.6 is 0 Å². The lowest BCUT2D eigenvalue weighted by atomic mass is 10.2. The van der Waals surface area contributed by atoms with Gasteiger partial charge in [0.15, 0.2) is 0 Å². The summed E-state index contributed by atoms with van der Waals surface area (Å²) >= 11 is 0. The van der Waals surface area contributed by atoms with Gasteiger partial charge in [0, 0.05) is 25.4 Å². The summed E-state index contributed by atoms with van der Waals surface area (Å²) in [6.07, 6.45) is 1.67. The normalized spacial score (nSPS) is 10.1. The first-order valence-corrected chi connectivity index (χ1v) is 4.16. The van der Waals surface area contributed by atoms with Crippen molar-refractivity contribution in [3.05, 3.63) is 23.9 Å². The van der Waals surface area contributed by atoms with E-state index in [-0.39, 0.29) is 13.2 Å². The summed E-state index contributed by atoms with van der Waals surface area (Å²) in [6, 6.07) is 3.60. The molecule has 0 spiro atoms. The average molecular weight is 182 g/mol. The third-order valence-corrected chi connectivity index (χ3v) is 1.83. The van der Waals surface area contributed by atoms with Crippen molar-refractivity contribution >= 4 is 5.82 Å². The van der Waals surface area contributed by atoms with Gasteiger partial charge in [-0.25, -0.2) is 4.98 Å². The summed E-state index contributed by atoms with van der Waals surface area (Å²) in [4.78, 5) is 5.93. The number of aromatic nitrogens is 1. The molecule has 0 saturated carbocycles. The van der Waals surface area contributed by atoms with Crippen molar-refractivity contribution in [1.29, 1.82) is 0 Å². The first-order valence-electron chi connectivity index (χ1n) is 4.16. The van der Waals surface area contributed by atoms with E-state index in [1.807, 2.05) is 18.0 Å². The highest BCUT2D eigenvalue weighted by molar-refractivity contribution is 5.45. The molecule has 0 bridgehead atoms. The van der Waals surface area contributed by atoms with Gasteiger partial charge in [0.1, 0.15) is 5.82 Å². The average Bonchev–Trinajstić information content (AvgIpc) is 2.18. The molecule has 0 unspecified atom stereocenters. The molecule has 0 atom stereocenters. The van der Waals surface area contributed by atoms with Crippen LogP contribution in [0.2, 0.25) is 0 Å². The molecule has 4 nitrogen and oxygen atoms in total. The van der Waals surface area contributed by atoms with E-state index in [1.165, 1.54) is 0 Å². The number of hydrogen-bond acceptors (Lipinski definition) is 4. The lowest BCUT2D eigenvalue weighted by Crippen LogP contribution is -2.23. The zero-order valence-electron chi connectivity index (χ0n) is 7.64. The Labute approximate surface area is 77.5 Å². The largest absolute Gasteiger partial charge is 0.395 e. The van der Waals surface area contributed by atoms with Gasteiger partial charge in [-0.2, -0.15) is 0 Å². The fraction of sp³-hybridized carbons (Fsp3) is 0.444. The predicted molar refractivity (Wildman–Crippen MR) is 50.5 cm³/mol. The van der Waals surface area contributed by atoms with E-state index < -0.39 is 0 Å². The molecule has 0 amide bonds. The van der Waals surface area contributed by atoms with Crippen molar-refractivity contribution in [3.63, 3.8) is 0 Å². The van der Waals surface area contributed by atoms with E-state index in [4.69, 9.17) is 10.2 Å². The Morgan fingerprint density at radius 2 is 2.23 bits per heavy atom.